The number of esters is 1. The van der Waals surface area contributed by atoms with E-state index in [1.54, 1.807) is 6.08 Å². The van der Waals surface area contributed by atoms with Crippen LogP contribution in [0.5, 0.6) is 0 Å². The van der Waals surface area contributed by atoms with Crippen molar-refractivity contribution in [3.8, 4) is 0 Å². The molecule has 0 radical (unpaired) electrons. The molecule has 0 heterocycles. The summed E-state index contributed by atoms with van der Waals surface area (Å²) in [6.45, 7) is -0.585. The van der Waals surface area contributed by atoms with Crippen molar-refractivity contribution in [1.82, 2.24) is 0 Å². The van der Waals surface area contributed by atoms with Gasteiger partial charge in [0.1, 0.15) is 0 Å². The van der Waals surface area contributed by atoms with Gasteiger partial charge in [0.15, 0.2) is 6.79 Å². The molecule has 0 atom stereocenters. The van der Waals surface area contributed by atoms with Gasteiger partial charge in [0, 0.05) is 6.08 Å². The Labute approximate surface area is 76.3 Å². The molecule has 0 saturated carbocycles. The molecule has 0 fully saturated rings. The number of aliphatic hydroxyl groups is 1. The molecule has 0 unspecified atom stereocenters. The fourth-order valence-electron chi connectivity index (χ4n) is 0.840. The molecular formula is C10H10O3. The van der Waals surface area contributed by atoms with Gasteiger partial charge in [0.25, 0.3) is 0 Å². The first-order valence-corrected chi connectivity index (χ1v) is 3.83. The fraction of sp³-hybridized carbons (Fsp3) is 0.100. The standard InChI is InChI=1S/C10H10O3/c11-8-13-10(12)7-6-9-4-2-1-3-5-9/h1-7,11H,8H2. The zero-order valence-corrected chi connectivity index (χ0v) is 7.01. The summed E-state index contributed by atoms with van der Waals surface area (Å²) in [6.07, 6.45) is 2.89. The average Bonchev–Trinajstić information content (AvgIpc) is 2.17. The normalized spacial score (nSPS) is 10.2. The number of rotatable bonds is 3. The van der Waals surface area contributed by atoms with Crippen molar-refractivity contribution in [3.63, 3.8) is 0 Å². The van der Waals surface area contributed by atoms with Crippen LogP contribution in [0.1, 0.15) is 5.56 Å². The first-order valence-electron chi connectivity index (χ1n) is 3.83. The molecular weight excluding hydrogens is 168 g/mol. The van der Waals surface area contributed by atoms with Gasteiger partial charge in [-0.3, -0.25) is 0 Å². The molecule has 0 aliphatic carbocycles. The summed E-state index contributed by atoms with van der Waals surface area (Å²) in [7, 11) is 0. The monoisotopic (exact) mass is 178 g/mol. The number of aliphatic hydroxyl groups excluding tert-OH is 1. The second-order valence-electron chi connectivity index (χ2n) is 2.34. The van der Waals surface area contributed by atoms with Crippen LogP contribution in [0.4, 0.5) is 0 Å². The van der Waals surface area contributed by atoms with E-state index in [-0.39, 0.29) is 0 Å². The van der Waals surface area contributed by atoms with Gasteiger partial charge < -0.3 is 9.84 Å². The summed E-state index contributed by atoms with van der Waals surface area (Å²) in [4.78, 5) is 10.7. The van der Waals surface area contributed by atoms with Gasteiger partial charge in [-0.1, -0.05) is 30.3 Å². The van der Waals surface area contributed by atoms with E-state index < -0.39 is 12.8 Å². The van der Waals surface area contributed by atoms with Gasteiger partial charge in [0.05, 0.1) is 0 Å². The van der Waals surface area contributed by atoms with Crippen molar-refractivity contribution in [2.45, 2.75) is 0 Å². The second kappa shape index (κ2) is 5.11. The van der Waals surface area contributed by atoms with Crippen LogP contribution < -0.4 is 0 Å². The van der Waals surface area contributed by atoms with Crippen LogP contribution in [-0.4, -0.2) is 17.9 Å². The van der Waals surface area contributed by atoms with E-state index in [9.17, 15) is 4.79 Å². The van der Waals surface area contributed by atoms with Gasteiger partial charge in [-0.15, -0.1) is 0 Å². The predicted molar refractivity (Wildman–Crippen MR) is 48.7 cm³/mol. The summed E-state index contributed by atoms with van der Waals surface area (Å²) >= 11 is 0. The minimum Gasteiger partial charge on any atom is -0.436 e. The average molecular weight is 178 g/mol. The molecule has 0 amide bonds. The highest BCUT2D eigenvalue weighted by molar-refractivity contribution is 5.86. The molecule has 0 aliphatic rings. The van der Waals surface area contributed by atoms with Crippen molar-refractivity contribution in [2.75, 3.05) is 6.79 Å². The third-order valence-corrected chi connectivity index (χ3v) is 1.42. The lowest BCUT2D eigenvalue weighted by molar-refractivity contribution is -0.145. The summed E-state index contributed by atoms with van der Waals surface area (Å²) < 4.78 is 4.29. The Morgan fingerprint density at radius 3 is 2.69 bits per heavy atom. The zero-order chi connectivity index (χ0) is 9.52. The lowest BCUT2D eigenvalue weighted by Crippen LogP contribution is -2.00. The molecule has 1 N–H and O–H groups in total. The summed E-state index contributed by atoms with van der Waals surface area (Å²) in [6, 6.07) is 9.36. The van der Waals surface area contributed by atoms with Gasteiger partial charge in [-0.2, -0.15) is 0 Å². The molecule has 0 aromatic heterocycles. The van der Waals surface area contributed by atoms with Crippen LogP contribution in [-0.2, 0) is 9.53 Å². The summed E-state index contributed by atoms with van der Waals surface area (Å²) in [5, 5.41) is 8.26. The Balaban J connectivity index is 2.54. The number of ether oxygens (including phenoxy) is 1. The number of hydrogen-bond acceptors (Lipinski definition) is 3. The second-order valence-corrected chi connectivity index (χ2v) is 2.34. The predicted octanol–water partition coefficient (Wildman–Crippen LogP) is 1.19. The molecule has 0 bridgehead atoms. The van der Waals surface area contributed by atoms with Crippen molar-refractivity contribution in [2.24, 2.45) is 0 Å². The fourth-order valence-corrected chi connectivity index (χ4v) is 0.840. The van der Waals surface area contributed by atoms with Gasteiger partial charge >= 0.3 is 5.97 Å². The topological polar surface area (TPSA) is 46.5 Å². The largest absolute Gasteiger partial charge is 0.436 e. The van der Waals surface area contributed by atoms with E-state index >= 15 is 0 Å². The SMILES string of the molecule is O=C(C=Cc1ccccc1)OCO. The van der Waals surface area contributed by atoms with E-state index in [0.717, 1.165) is 5.56 Å². The van der Waals surface area contributed by atoms with Crippen molar-refractivity contribution in [3.05, 3.63) is 42.0 Å². The minimum atomic E-state index is -0.585. The van der Waals surface area contributed by atoms with Crippen molar-refractivity contribution < 1.29 is 14.6 Å². The molecule has 0 saturated heterocycles. The molecule has 0 spiro atoms. The molecule has 1 aromatic carbocycles. The van der Waals surface area contributed by atoms with E-state index in [2.05, 4.69) is 4.74 Å². The number of benzene rings is 1. The van der Waals surface area contributed by atoms with Crippen LogP contribution in [0.25, 0.3) is 6.08 Å². The Bertz CT molecular complexity index is 290. The molecule has 1 rings (SSSR count). The van der Waals surface area contributed by atoms with Crippen LogP contribution in [0.2, 0.25) is 0 Å². The summed E-state index contributed by atoms with van der Waals surface area (Å²) in [5.74, 6) is -0.550. The highest BCUT2D eigenvalue weighted by Gasteiger charge is 1.92. The maximum absolute atomic E-state index is 10.7. The van der Waals surface area contributed by atoms with Crippen LogP contribution in [0.15, 0.2) is 36.4 Å². The van der Waals surface area contributed by atoms with E-state index in [1.807, 2.05) is 30.3 Å². The molecule has 3 heteroatoms. The van der Waals surface area contributed by atoms with Crippen molar-refractivity contribution >= 4 is 12.0 Å². The van der Waals surface area contributed by atoms with Gasteiger partial charge in [0.2, 0.25) is 0 Å². The first-order chi connectivity index (χ1) is 6.33. The first kappa shape index (κ1) is 9.48. The highest BCUT2D eigenvalue weighted by Crippen LogP contribution is 2.00. The third-order valence-electron chi connectivity index (χ3n) is 1.42. The van der Waals surface area contributed by atoms with E-state index in [0.29, 0.717) is 0 Å². The number of carbonyl (C=O) groups is 1. The lowest BCUT2D eigenvalue weighted by atomic mass is 10.2. The number of hydrogen-bond donors (Lipinski definition) is 1. The molecule has 3 nitrogen and oxygen atoms in total. The van der Waals surface area contributed by atoms with Gasteiger partial charge in [-0.25, -0.2) is 4.79 Å². The highest BCUT2D eigenvalue weighted by atomic mass is 16.6. The maximum atomic E-state index is 10.7. The third kappa shape index (κ3) is 3.53. The van der Waals surface area contributed by atoms with Gasteiger partial charge in [-0.05, 0) is 11.6 Å². The Hall–Kier alpha value is -1.61. The molecule has 0 aliphatic heterocycles. The van der Waals surface area contributed by atoms with Crippen LogP contribution >= 0.6 is 0 Å². The molecule has 13 heavy (non-hydrogen) atoms. The minimum absolute atomic E-state index is 0.550. The Kier molecular flexibility index (Phi) is 3.73. The van der Waals surface area contributed by atoms with Crippen LogP contribution in [0, 0.1) is 0 Å². The molecule has 68 valence electrons. The maximum Gasteiger partial charge on any atom is 0.332 e. The Morgan fingerprint density at radius 1 is 1.38 bits per heavy atom. The van der Waals surface area contributed by atoms with E-state index in [1.165, 1.54) is 6.08 Å². The quantitative estimate of drug-likeness (QED) is 0.429. The van der Waals surface area contributed by atoms with Crippen LogP contribution in [0.3, 0.4) is 0 Å². The smallest absolute Gasteiger partial charge is 0.332 e. The molecule has 1 aromatic rings. The van der Waals surface area contributed by atoms with E-state index in [4.69, 9.17) is 5.11 Å². The summed E-state index contributed by atoms with van der Waals surface area (Å²) in [5.41, 5.74) is 0.914. The zero-order valence-electron chi connectivity index (χ0n) is 7.01. The lowest BCUT2D eigenvalue weighted by Gasteiger charge is -1.93. The van der Waals surface area contributed by atoms with Crippen molar-refractivity contribution in [1.29, 1.82) is 0 Å². The Morgan fingerprint density at radius 2 is 2.08 bits per heavy atom. The number of carbonyl (C=O) groups excluding carboxylic acids is 1.